The fourth-order valence-electron chi connectivity index (χ4n) is 2.68. The fourth-order valence-corrected chi connectivity index (χ4v) is 2.68. The number of pyridine rings is 1. The maximum atomic E-state index is 12.2. The molecule has 2 heterocycles. The Labute approximate surface area is 115 Å². The molecule has 0 saturated carbocycles. The van der Waals surface area contributed by atoms with E-state index in [4.69, 9.17) is 5.73 Å². The highest BCUT2D eigenvalue weighted by molar-refractivity contribution is 5.76. The van der Waals surface area contributed by atoms with Crippen LogP contribution in [0.25, 0.3) is 0 Å². The molecule has 1 aliphatic rings. The summed E-state index contributed by atoms with van der Waals surface area (Å²) in [6, 6.07) is 6.16. The number of aryl methyl sites for hydroxylation is 1. The molecule has 1 atom stereocenters. The van der Waals surface area contributed by atoms with Gasteiger partial charge in [-0.15, -0.1) is 0 Å². The molecule has 1 amide bonds. The monoisotopic (exact) mass is 261 g/mol. The number of amides is 1. The van der Waals surface area contributed by atoms with E-state index in [1.54, 1.807) is 6.20 Å². The van der Waals surface area contributed by atoms with Gasteiger partial charge in [-0.25, -0.2) is 0 Å². The number of aromatic nitrogens is 1. The average molecular weight is 261 g/mol. The van der Waals surface area contributed by atoms with Crippen LogP contribution in [0.3, 0.4) is 0 Å². The molecular formula is C15H23N3O. The van der Waals surface area contributed by atoms with Crippen LogP contribution >= 0.6 is 0 Å². The predicted octanol–water partition coefficient (Wildman–Crippen LogP) is 1.74. The highest BCUT2D eigenvalue weighted by Crippen LogP contribution is 2.17. The molecule has 0 spiro atoms. The molecular weight excluding hydrogens is 238 g/mol. The minimum atomic E-state index is 0.256. The quantitative estimate of drug-likeness (QED) is 0.878. The second-order valence-electron chi connectivity index (χ2n) is 5.15. The van der Waals surface area contributed by atoms with Crippen molar-refractivity contribution in [3.63, 3.8) is 0 Å². The van der Waals surface area contributed by atoms with Gasteiger partial charge in [0.1, 0.15) is 0 Å². The maximum Gasteiger partial charge on any atom is 0.222 e. The third-order valence-electron chi connectivity index (χ3n) is 3.77. The topological polar surface area (TPSA) is 59.2 Å². The van der Waals surface area contributed by atoms with Crippen molar-refractivity contribution in [2.75, 3.05) is 13.1 Å². The summed E-state index contributed by atoms with van der Waals surface area (Å²) in [7, 11) is 0. The first kappa shape index (κ1) is 14.0. The molecule has 1 saturated heterocycles. The Balaban J connectivity index is 1.77. The molecule has 4 nitrogen and oxygen atoms in total. The van der Waals surface area contributed by atoms with Gasteiger partial charge in [-0.3, -0.25) is 9.78 Å². The zero-order valence-corrected chi connectivity index (χ0v) is 11.4. The molecule has 1 fully saturated rings. The number of rotatable bonds is 5. The SMILES string of the molecule is NCC1CCCCN1C(=O)CCCc1ccccn1. The van der Waals surface area contributed by atoms with E-state index in [2.05, 4.69) is 4.98 Å². The van der Waals surface area contributed by atoms with Crippen molar-refractivity contribution in [3.8, 4) is 0 Å². The third kappa shape index (κ3) is 4.03. The van der Waals surface area contributed by atoms with Crippen molar-refractivity contribution >= 4 is 5.91 Å². The number of nitrogens with zero attached hydrogens (tertiary/aromatic N) is 2. The lowest BCUT2D eigenvalue weighted by Crippen LogP contribution is -2.47. The van der Waals surface area contributed by atoms with Gasteiger partial charge >= 0.3 is 0 Å². The lowest BCUT2D eigenvalue weighted by atomic mass is 10.0. The summed E-state index contributed by atoms with van der Waals surface area (Å²) in [6.07, 6.45) is 7.50. The van der Waals surface area contributed by atoms with Crippen LogP contribution in [0.1, 0.15) is 37.8 Å². The molecule has 104 valence electrons. The molecule has 19 heavy (non-hydrogen) atoms. The fraction of sp³-hybridized carbons (Fsp3) is 0.600. The Morgan fingerprint density at radius 3 is 3.05 bits per heavy atom. The average Bonchev–Trinajstić information content (AvgIpc) is 2.48. The van der Waals surface area contributed by atoms with Crippen LogP contribution in [0.5, 0.6) is 0 Å². The van der Waals surface area contributed by atoms with Gasteiger partial charge in [-0.1, -0.05) is 6.07 Å². The lowest BCUT2D eigenvalue weighted by molar-refractivity contribution is -0.134. The summed E-state index contributed by atoms with van der Waals surface area (Å²) in [5.41, 5.74) is 6.81. The first-order chi connectivity index (χ1) is 9.31. The van der Waals surface area contributed by atoms with E-state index >= 15 is 0 Å². The number of hydrogen-bond donors (Lipinski definition) is 1. The normalized spacial score (nSPS) is 19.4. The van der Waals surface area contributed by atoms with Crippen molar-refractivity contribution in [2.45, 2.75) is 44.6 Å². The molecule has 1 unspecified atom stereocenters. The molecule has 1 aromatic rings. The Hall–Kier alpha value is -1.42. The minimum absolute atomic E-state index is 0.256. The van der Waals surface area contributed by atoms with E-state index in [9.17, 15) is 4.79 Å². The maximum absolute atomic E-state index is 12.2. The standard InChI is InChI=1S/C15H23N3O/c16-12-14-8-2-4-11-18(14)15(19)9-5-7-13-6-1-3-10-17-13/h1,3,6,10,14H,2,4-5,7-9,11-12,16H2. The molecule has 2 N–H and O–H groups in total. The summed E-state index contributed by atoms with van der Waals surface area (Å²) in [5.74, 6) is 0.256. The largest absolute Gasteiger partial charge is 0.338 e. The third-order valence-corrected chi connectivity index (χ3v) is 3.77. The van der Waals surface area contributed by atoms with Crippen LogP contribution in [0.4, 0.5) is 0 Å². The van der Waals surface area contributed by atoms with Gasteiger partial charge in [-0.2, -0.15) is 0 Å². The van der Waals surface area contributed by atoms with E-state index in [0.717, 1.165) is 37.9 Å². The molecule has 0 bridgehead atoms. The predicted molar refractivity (Wildman–Crippen MR) is 75.6 cm³/mol. The molecule has 1 aliphatic heterocycles. The van der Waals surface area contributed by atoms with Crippen molar-refractivity contribution < 1.29 is 4.79 Å². The van der Waals surface area contributed by atoms with Crippen LogP contribution in [0.15, 0.2) is 24.4 Å². The summed E-state index contributed by atoms with van der Waals surface area (Å²) in [5, 5.41) is 0. The summed E-state index contributed by atoms with van der Waals surface area (Å²) < 4.78 is 0. The molecule has 1 aromatic heterocycles. The number of carbonyl (C=O) groups is 1. The number of piperidine rings is 1. The smallest absolute Gasteiger partial charge is 0.222 e. The number of carbonyl (C=O) groups excluding carboxylic acids is 1. The molecule has 4 heteroatoms. The van der Waals surface area contributed by atoms with Crippen molar-refractivity contribution in [1.82, 2.24) is 9.88 Å². The van der Waals surface area contributed by atoms with Crippen LogP contribution in [0, 0.1) is 0 Å². The van der Waals surface area contributed by atoms with Crippen molar-refractivity contribution in [1.29, 1.82) is 0 Å². The first-order valence-electron chi connectivity index (χ1n) is 7.20. The Morgan fingerprint density at radius 1 is 1.42 bits per heavy atom. The molecule has 0 radical (unpaired) electrons. The van der Waals surface area contributed by atoms with Gasteiger partial charge in [0.05, 0.1) is 0 Å². The number of likely N-dealkylation sites (tertiary alicyclic amines) is 1. The highest BCUT2D eigenvalue weighted by atomic mass is 16.2. The molecule has 0 aromatic carbocycles. The van der Waals surface area contributed by atoms with Crippen LogP contribution in [0.2, 0.25) is 0 Å². The first-order valence-corrected chi connectivity index (χ1v) is 7.20. The second-order valence-corrected chi connectivity index (χ2v) is 5.15. The Bertz CT molecular complexity index is 394. The minimum Gasteiger partial charge on any atom is -0.338 e. The summed E-state index contributed by atoms with van der Waals surface area (Å²) in [6.45, 7) is 1.47. The van der Waals surface area contributed by atoms with Crippen molar-refractivity contribution in [2.24, 2.45) is 5.73 Å². The van der Waals surface area contributed by atoms with Gasteiger partial charge < -0.3 is 10.6 Å². The Morgan fingerprint density at radius 2 is 2.32 bits per heavy atom. The molecule has 2 rings (SSSR count). The van der Waals surface area contributed by atoms with Crippen molar-refractivity contribution in [3.05, 3.63) is 30.1 Å². The second kappa shape index (κ2) is 7.24. The zero-order valence-electron chi connectivity index (χ0n) is 11.4. The lowest BCUT2D eigenvalue weighted by Gasteiger charge is -2.35. The van der Waals surface area contributed by atoms with Gasteiger partial charge in [0.25, 0.3) is 0 Å². The molecule has 0 aliphatic carbocycles. The van der Waals surface area contributed by atoms with E-state index in [-0.39, 0.29) is 11.9 Å². The number of nitrogens with two attached hydrogens (primary N) is 1. The van der Waals surface area contributed by atoms with Gasteiger partial charge in [0, 0.05) is 37.4 Å². The van der Waals surface area contributed by atoms with Gasteiger partial charge in [0.15, 0.2) is 0 Å². The highest BCUT2D eigenvalue weighted by Gasteiger charge is 2.24. The zero-order chi connectivity index (χ0) is 13.5. The van der Waals surface area contributed by atoms with E-state index < -0.39 is 0 Å². The van der Waals surface area contributed by atoms with E-state index in [1.807, 2.05) is 23.1 Å². The Kier molecular flexibility index (Phi) is 5.33. The van der Waals surface area contributed by atoms with Crippen LogP contribution < -0.4 is 5.73 Å². The van der Waals surface area contributed by atoms with Crippen LogP contribution in [-0.2, 0) is 11.2 Å². The van der Waals surface area contributed by atoms with Crippen LogP contribution in [-0.4, -0.2) is 34.9 Å². The summed E-state index contributed by atoms with van der Waals surface area (Å²) >= 11 is 0. The summed E-state index contributed by atoms with van der Waals surface area (Å²) in [4.78, 5) is 18.5. The van der Waals surface area contributed by atoms with Gasteiger partial charge in [0.2, 0.25) is 5.91 Å². The number of hydrogen-bond acceptors (Lipinski definition) is 3. The van der Waals surface area contributed by atoms with Gasteiger partial charge in [-0.05, 0) is 44.2 Å². The van der Waals surface area contributed by atoms with E-state index in [0.29, 0.717) is 13.0 Å². The van der Waals surface area contributed by atoms with E-state index in [1.165, 1.54) is 6.42 Å².